The lowest BCUT2D eigenvalue weighted by Gasteiger charge is -2.28. The second-order valence-electron chi connectivity index (χ2n) is 8.20. The summed E-state index contributed by atoms with van der Waals surface area (Å²) in [7, 11) is 2.03. The number of Topliss-reactive ketones (excluding diaryl/α,β-unsaturated/α-hetero) is 2. The molecular formula is C21H25NO2. The van der Waals surface area contributed by atoms with Crippen molar-refractivity contribution in [3.8, 4) is 0 Å². The Morgan fingerprint density at radius 2 is 1.54 bits per heavy atom. The van der Waals surface area contributed by atoms with E-state index in [2.05, 4.69) is 30.9 Å². The molecule has 3 rings (SSSR count). The van der Waals surface area contributed by atoms with E-state index in [1.807, 2.05) is 39.1 Å². The molecule has 0 amide bonds. The van der Waals surface area contributed by atoms with Crippen LogP contribution >= 0.6 is 0 Å². The van der Waals surface area contributed by atoms with E-state index in [0.717, 1.165) is 5.70 Å². The van der Waals surface area contributed by atoms with Crippen molar-refractivity contribution >= 4 is 17.3 Å². The van der Waals surface area contributed by atoms with Gasteiger partial charge in [-0.15, -0.1) is 0 Å². The molecule has 0 unspecified atom stereocenters. The molecule has 1 heterocycles. The van der Waals surface area contributed by atoms with Crippen LogP contribution in [-0.4, -0.2) is 18.6 Å². The van der Waals surface area contributed by atoms with Gasteiger partial charge >= 0.3 is 0 Å². The number of nitrogens with zero attached hydrogens (tertiary/aromatic N) is 1. The zero-order valence-electron chi connectivity index (χ0n) is 15.1. The molecule has 1 fully saturated rings. The van der Waals surface area contributed by atoms with E-state index in [0.29, 0.717) is 18.4 Å². The summed E-state index contributed by atoms with van der Waals surface area (Å²) in [5, 5.41) is 0. The number of anilines is 1. The number of fused-ring (bicyclic) bond motifs is 1. The van der Waals surface area contributed by atoms with Crippen LogP contribution in [0.1, 0.15) is 46.1 Å². The number of hydrogen-bond donors (Lipinski definition) is 0. The van der Waals surface area contributed by atoms with E-state index in [9.17, 15) is 9.59 Å². The Labute approximate surface area is 144 Å². The summed E-state index contributed by atoms with van der Waals surface area (Å²) in [6.45, 7) is 8.30. The van der Waals surface area contributed by atoms with Gasteiger partial charge in [-0.25, -0.2) is 0 Å². The molecule has 24 heavy (non-hydrogen) atoms. The Morgan fingerprint density at radius 1 is 0.958 bits per heavy atom. The van der Waals surface area contributed by atoms with Crippen LogP contribution in [0.2, 0.25) is 0 Å². The number of para-hydroxylation sites is 1. The summed E-state index contributed by atoms with van der Waals surface area (Å²) in [5.74, 6) is -0.0758. The molecule has 1 aliphatic heterocycles. The molecule has 3 nitrogen and oxygen atoms in total. The van der Waals surface area contributed by atoms with Gasteiger partial charge in [-0.1, -0.05) is 45.9 Å². The van der Waals surface area contributed by atoms with Gasteiger partial charge in [0.1, 0.15) is 0 Å². The SMILES string of the molecule is CN1C(=CC=C2C(=O)CC(C)(C)CC2=O)C(C)(C)c2ccccc21. The fraction of sp³-hybridized carbons (Fsp3) is 0.429. The molecule has 3 heteroatoms. The summed E-state index contributed by atoms with van der Waals surface area (Å²) in [6, 6.07) is 8.32. The number of carbonyl (C=O) groups is 2. The molecule has 0 atom stereocenters. The van der Waals surface area contributed by atoms with Gasteiger partial charge < -0.3 is 4.90 Å². The van der Waals surface area contributed by atoms with E-state index in [4.69, 9.17) is 0 Å². The van der Waals surface area contributed by atoms with Crippen LogP contribution in [0.4, 0.5) is 5.69 Å². The summed E-state index contributed by atoms with van der Waals surface area (Å²) in [5.41, 5.74) is 3.51. The van der Waals surface area contributed by atoms with Crippen LogP contribution in [0.5, 0.6) is 0 Å². The highest BCUT2D eigenvalue weighted by Gasteiger charge is 2.38. The average molecular weight is 323 g/mol. The Morgan fingerprint density at radius 3 is 2.12 bits per heavy atom. The third-order valence-electron chi connectivity index (χ3n) is 5.23. The minimum Gasteiger partial charge on any atom is -0.347 e. The number of likely N-dealkylation sites (N-methyl/N-ethyl adjacent to an activating group) is 1. The van der Waals surface area contributed by atoms with Gasteiger partial charge in [0.15, 0.2) is 11.6 Å². The topological polar surface area (TPSA) is 37.4 Å². The summed E-state index contributed by atoms with van der Waals surface area (Å²) in [4.78, 5) is 26.9. The first-order chi connectivity index (χ1) is 11.1. The van der Waals surface area contributed by atoms with E-state index in [1.165, 1.54) is 11.3 Å². The maximum Gasteiger partial charge on any atom is 0.166 e. The standard InChI is InChI=1S/C21H25NO2/c1-20(2)12-17(23)14(18(24)13-20)10-11-19-21(3,4)15-8-6-7-9-16(15)22(19)5/h6-11H,12-13H2,1-5H3. The van der Waals surface area contributed by atoms with Crippen molar-refractivity contribution in [1.29, 1.82) is 0 Å². The number of hydrogen-bond acceptors (Lipinski definition) is 3. The molecule has 0 spiro atoms. The van der Waals surface area contributed by atoms with E-state index >= 15 is 0 Å². The third-order valence-corrected chi connectivity index (χ3v) is 5.23. The summed E-state index contributed by atoms with van der Waals surface area (Å²) < 4.78 is 0. The number of rotatable bonds is 1. The Bertz CT molecular complexity index is 759. The lowest BCUT2D eigenvalue weighted by molar-refractivity contribution is -0.127. The molecule has 1 aliphatic carbocycles. The molecule has 0 saturated heterocycles. The molecule has 1 aromatic rings. The predicted molar refractivity (Wildman–Crippen MR) is 97.1 cm³/mol. The zero-order valence-corrected chi connectivity index (χ0v) is 15.1. The van der Waals surface area contributed by atoms with Crippen molar-refractivity contribution in [3.05, 3.63) is 53.3 Å². The monoisotopic (exact) mass is 323 g/mol. The molecule has 0 aromatic heterocycles. The van der Waals surface area contributed by atoms with Gasteiger partial charge in [0.25, 0.3) is 0 Å². The smallest absolute Gasteiger partial charge is 0.166 e. The lowest BCUT2D eigenvalue weighted by Crippen LogP contribution is -2.31. The van der Waals surface area contributed by atoms with Gasteiger partial charge in [-0.05, 0) is 29.2 Å². The highest BCUT2D eigenvalue weighted by Crippen LogP contribution is 2.46. The second-order valence-corrected chi connectivity index (χ2v) is 8.20. The Kier molecular flexibility index (Phi) is 3.78. The van der Waals surface area contributed by atoms with Crippen LogP contribution in [0.3, 0.4) is 0 Å². The quantitative estimate of drug-likeness (QED) is 0.574. The number of allylic oxidation sites excluding steroid dienone is 4. The first-order valence-electron chi connectivity index (χ1n) is 8.45. The van der Waals surface area contributed by atoms with Crippen LogP contribution in [0.25, 0.3) is 0 Å². The van der Waals surface area contributed by atoms with Crippen molar-refractivity contribution < 1.29 is 9.59 Å². The Hall–Kier alpha value is -2.16. The predicted octanol–water partition coefficient (Wildman–Crippen LogP) is 4.18. The Balaban J connectivity index is 1.98. The molecule has 0 radical (unpaired) electrons. The van der Waals surface area contributed by atoms with Crippen LogP contribution < -0.4 is 4.90 Å². The minimum absolute atomic E-state index is 0.0379. The van der Waals surface area contributed by atoms with Crippen molar-refractivity contribution in [2.45, 2.75) is 46.0 Å². The highest BCUT2D eigenvalue weighted by molar-refractivity contribution is 6.22. The van der Waals surface area contributed by atoms with Crippen LogP contribution in [0, 0.1) is 5.41 Å². The third kappa shape index (κ3) is 2.62. The zero-order chi connectivity index (χ0) is 17.7. The first-order valence-corrected chi connectivity index (χ1v) is 8.45. The van der Waals surface area contributed by atoms with Crippen LogP contribution in [0.15, 0.2) is 47.7 Å². The normalized spacial score (nSPS) is 23.6. The van der Waals surface area contributed by atoms with Crippen molar-refractivity contribution in [1.82, 2.24) is 0 Å². The second kappa shape index (κ2) is 5.44. The lowest BCUT2D eigenvalue weighted by atomic mass is 9.74. The van der Waals surface area contributed by atoms with Crippen molar-refractivity contribution in [3.63, 3.8) is 0 Å². The van der Waals surface area contributed by atoms with Gasteiger partial charge in [0, 0.05) is 36.7 Å². The molecule has 2 aliphatic rings. The van der Waals surface area contributed by atoms with Gasteiger partial charge in [0.05, 0.1) is 5.57 Å². The largest absolute Gasteiger partial charge is 0.347 e. The molecule has 1 saturated carbocycles. The van der Waals surface area contributed by atoms with E-state index in [-0.39, 0.29) is 22.4 Å². The van der Waals surface area contributed by atoms with Crippen molar-refractivity contribution in [2.24, 2.45) is 5.41 Å². The number of ketones is 2. The molecular weight excluding hydrogens is 298 g/mol. The molecule has 1 aromatic carbocycles. The summed E-state index contributed by atoms with van der Waals surface area (Å²) >= 11 is 0. The first kappa shape index (κ1) is 16.7. The highest BCUT2D eigenvalue weighted by atomic mass is 16.1. The minimum atomic E-state index is -0.224. The van der Waals surface area contributed by atoms with E-state index in [1.54, 1.807) is 6.08 Å². The fourth-order valence-electron chi connectivity index (χ4n) is 3.93. The number of benzene rings is 1. The van der Waals surface area contributed by atoms with Gasteiger partial charge in [-0.3, -0.25) is 9.59 Å². The van der Waals surface area contributed by atoms with E-state index < -0.39 is 0 Å². The fourth-order valence-corrected chi connectivity index (χ4v) is 3.93. The number of carbonyl (C=O) groups excluding carboxylic acids is 2. The van der Waals surface area contributed by atoms with Gasteiger partial charge in [-0.2, -0.15) is 0 Å². The maximum atomic E-state index is 12.4. The average Bonchev–Trinajstić information content (AvgIpc) is 2.66. The van der Waals surface area contributed by atoms with Gasteiger partial charge in [0.2, 0.25) is 0 Å². The maximum absolute atomic E-state index is 12.4. The molecule has 126 valence electrons. The van der Waals surface area contributed by atoms with Crippen molar-refractivity contribution in [2.75, 3.05) is 11.9 Å². The van der Waals surface area contributed by atoms with Crippen LogP contribution in [-0.2, 0) is 15.0 Å². The summed E-state index contributed by atoms with van der Waals surface area (Å²) in [6.07, 6.45) is 4.56. The molecule has 0 bridgehead atoms. The molecule has 0 N–H and O–H groups in total.